The second-order valence-corrected chi connectivity index (χ2v) is 4.79. The Morgan fingerprint density at radius 1 is 1.47 bits per heavy atom. The second-order valence-electron chi connectivity index (χ2n) is 4.79. The maximum absolute atomic E-state index is 12.3. The summed E-state index contributed by atoms with van der Waals surface area (Å²) >= 11 is 0. The highest BCUT2D eigenvalue weighted by Crippen LogP contribution is 2.29. The van der Waals surface area contributed by atoms with E-state index >= 15 is 0 Å². The molecule has 7 nitrogen and oxygen atoms in total. The maximum atomic E-state index is 12.3. The van der Waals surface area contributed by atoms with Gasteiger partial charge in [-0.05, 0) is 26.2 Å². The van der Waals surface area contributed by atoms with E-state index in [2.05, 4.69) is 9.97 Å². The number of carboxylic acid groups (broad SMARTS) is 1. The minimum Gasteiger partial charge on any atom is -0.480 e. The zero-order valence-electron chi connectivity index (χ0n) is 10.5. The summed E-state index contributed by atoms with van der Waals surface area (Å²) in [6, 6.07) is 0. The van der Waals surface area contributed by atoms with Crippen molar-refractivity contribution < 1.29 is 14.7 Å². The first-order valence-electron chi connectivity index (χ1n) is 6.05. The first-order chi connectivity index (χ1) is 8.95. The molecule has 0 radical (unpaired) electrons. The number of H-pyrrole nitrogens is 1. The molecule has 1 aromatic rings. The number of likely N-dealkylation sites (tertiary alicyclic amines) is 1. The van der Waals surface area contributed by atoms with Gasteiger partial charge in [0.05, 0.1) is 6.20 Å². The molecular weight excluding hydrogens is 250 g/mol. The van der Waals surface area contributed by atoms with Gasteiger partial charge in [-0.3, -0.25) is 9.59 Å². The minimum absolute atomic E-state index is 0.0500. The Hall–Kier alpha value is -2.18. The van der Waals surface area contributed by atoms with Crippen LogP contribution in [-0.2, 0) is 4.79 Å². The van der Waals surface area contributed by atoms with Crippen LogP contribution < -0.4 is 5.56 Å². The number of rotatable bonds is 2. The molecule has 7 heteroatoms. The number of nitrogens with one attached hydrogen (secondary N) is 1. The van der Waals surface area contributed by atoms with Gasteiger partial charge >= 0.3 is 5.97 Å². The number of carbonyl (C=O) groups is 2. The first kappa shape index (κ1) is 13.3. The van der Waals surface area contributed by atoms with Gasteiger partial charge in [-0.1, -0.05) is 0 Å². The third kappa shape index (κ3) is 2.35. The fourth-order valence-electron chi connectivity index (χ4n) is 2.27. The van der Waals surface area contributed by atoms with Gasteiger partial charge in [0.2, 0.25) is 0 Å². The van der Waals surface area contributed by atoms with Gasteiger partial charge in [0, 0.05) is 12.7 Å². The van der Waals surface area contributed by atoms with Crippen molar-refractivity contribution in [2.45, 2.75) is 31.7 Å². The Morgan fingerprint density at radius 3 is 2.79 bits per heavy atom. The normalized spacial score (nSPS) is 23.1. The van der Waals surface area contributed by atoms with Crippen LogP contribution in [0.15, 0.2) is 17.2 Å². The van der Waals surface area contributed by atoms with Crippen LogP contribution in [0.1, 0.15) is 36.7 Å². The summed E-state index contributed by atoms with van der Waals surface area (Å²) in [5, 5.41) is 9.34. The highest BCUT2D eigenvalue weighted by Gasteiger charge is 2.44. The van der Waals surface area contributed by atoms with Crippen molar-refractivity contribution in [1.29, 1.82) is 0 Å². The molecule has 1 atom stereocenters. The predicted octanol–water partition coefficient (Wildman–Crippen LogP) is 0.239. The summed E-state index contributed by atoms with van der Waals surface area (Å²) in [5.41, 5.74) is -1.57. The summed E-state index contributed by atoms with van der Waals surface area (Å²) in [7, 11) is 0. The quantitative estimate of drug-likeness (QED) is 0.797. The van der Waals surface area contributed by atoms with Crippen molar-refractivity contribution >= 4 is 11.9 Å². The molecule has 0 aromatic carbocycles. The lowest BCUT2D eigenvalue weighted by Gasteiger charge is -2.41. The van der Waals surface area contributed by atoms with Crippen LogP contribution in [0, 0.1) is 0 Å². The van der Waals surface area contributed by atoms with E-state index in [-0.39, 0.29) is 5.69 Å². The molecule has 2 heterocycles. The molecule has 0 spiro atoms. The number of hydrogen-bond acceptors (Lipinski definition) is 4. The van der Waals surface area contributed by atoms with Gasteiger partial charge in [0.25, 0.3) is 11.5 Å². The number of piperidine rings is 1. The molecule has 2 rings (SSSR count). The molecule has 19 heavy (non-hydrogen) atoms. The van der Waals surface area contributed by atoms with Gasteiger partial charge in [-0.25, -0.2) is 9.78 Å². The number of aromatic nitrogens is 2. The number of nitrogens with zero attached hydrogens (tertiary/aromatic N) is 2. The molecule has 1 unspecified atom stereocenters. The number of amides is 1. The Morgan fingerprint density at radius 2 is 2.21 bits per heavy atom. The van der Waals surface area contributed by atoms with E-state index in [4.69, 9.17) is 0 Å². The van der Waals surface area contributed by atoms with E-state index in [0.717, 1.165) is 19.0 Å². The molecule has 1 aromatic heterocycles. The molecule has 0 bridgehead atoms. The largest absolute Gasteiger partial charge is 0.480 e. The SMILES string of the molecule is CC1(C(=O)O)CCCCN1C(=O)c1c[nH]c(=O)cn1. The van der Waals surface area contributed by atoms with Crippen molar-refractivity contribution in [3.8, 4) is 0 Å². The lowest BCUT2D eigenvalue weighted by Crippen LogP contribution is -2.57. The van der Waals surface area contributed by atoms with Crippen LogP contribution in [-0.4, -0.2) is 43.9 Å². The van der Waals surface area contributed by atoms with Crippen molar-refractivity contribution in [3.05, 3.63) is 28.4 Å². The van der Waals surface area contributed by atoms with Crippen LogP contribution in [0.2, 0.25) is 0 Å². The van der Waals surface area contributed by atoms with Gasteiger partial charge in [0.1, 0.15) is 11.2 Å². The fourth-order valence-corrected chi connectivity index (χ4v) is 2.27. The van der Waals surface area contributed by atoms with Crippen molar-refractivity contribution in [2.24, 2.45) is 0 Å². The first-order valence-corrected chi connectivity index (χ1v) is 6.05. The maximum Gasteiger partial charge on any atom is 0.329 e. The summed E-state index contributed by atoms with van der Waals surface area (Å²) in [5.74, 6) is -1.49. The number of hydrogen-bond donors (Lipinski definition) is 2. The van der Waals surface area contributed by atoms with Crippen LogP contribution in [0.3, 0.4) is 0 Å². The molecule has 1 aliphatic heterocycles. The third-order valence-corrected chi connectivity index (χ3v) is 3.49. The third-order valence-electron chi connectivity index (χ3n) is 3.49. The highest BCUT2D eigenvalue weighted by atomic mass is 16.4. The van der Waals surface area contributed by atoms with Gasteiger partial charge < -0.3 is 15.0 Å². The lowest BCUT2D eigenvalue weighted by atomic mass is 9.88. The molecule has 2 N–H and O–H groups in total. The summed E-state index contributed by atoms with van der Waals surface area (Å²) in [4.78, 5) is 42.1. The molecule has 1 aliphatic rings. The molecular formula is C12H15N3O4. The summed E-state index contributed by atoms with van der Waals surface area (Å²) < 4.78 is 0. The van der Waals surface area contributed by atoms with E-state index < -0.39 is 23.0 Å². The Bertz CT molecular complexity index is 548. The number of aromatic amines is 1. The summed E-state index contributed by atoms with van der Waals surface area (Å²) in [6.07, 6.45) is 4.16. The van der Waals surface area contributed by atoms with E-state index in [1.54, 1.807) is 0 Å². The van der Waals surface area contributed by atoms with Gasteiger partial charge in [-0.15, -0.1) is 0 Å². The Labute approximate surface area is 109 Å². The van der Waals surface area contributed by atoms with Gasteiger partial charge in [0.15, 0.2) is 0 Å². The van der Waals surface area contributed by atoms with Crippen molar-refractivity contribution in [3.63, 3.8) is 0 Å². The summed E-state index contributed by atoms with van der Waals surface area (Å²) in [6.45, 7) is 1.92. The Balaban J connectivity index is 2.33. The average molecular weight is 265 g/mol. The topological polar surface area (TPSA) is 103 Å². The van der Waals surface area contributed by atoms with E-state index in [1.807, 2.05) is 0 Å². The molecule has 1 saturated heterocycles. The lowest BCUT2D eigenvalue weighted by molar-refractivity contribution is -0.150. The number of carboxylic acids is 1. The molecule has 1 amide bonds. The van der Waals surface area contributed by atoms with E-state index in [0.29, 0.717) is 13.0 Å². The molecule has 0 aliphatic carbocycles. The van der Waals surface area contributed by atoms with Gasteiger partial charge in [-0.2, -0.15) is 0 Å². The highest BCUT2D eigenvalue weighted by molar-refractivity contribution is 5.96. The Kier molecular flexibility index (Phi) is 3.37. The zero-order chi connectivity index (χ0) is 14.0. The molecule has 102 valence electrons. The predicted molar refractivity (Wildman–Crippen MR) is 65.8 cm³/mol. The van der Waals surface area contributed by atoms with Crippen LogP contribution in [0.5, 0.6) is 0 Å². The molecule has 1 fully saturated rings. The smallest absolute Gasteiger partial charge is 0.329 e. The average Bonchev–Trinajstić information content (AvgIpc) is 2.39. The van der Waals surface area contributed by atoms with Crippen molar-refractivity contribution in [1.82, 2.24) is 14.9 Å². The minimum atomic E-state index is -1.22. The number of carbonyl (C=O) groups excluding carboxylic acids is 1. The fraction of sp³-hybridized carbons (Fsp3) is 0.500. The van der Waals surface area contributed by atoms with Crippen molar-refractivity contribution in [2.75, 3.05) is 6.54 Å². The number of aliphatic carboxylic acids is 1. The van der Waals surface area contributed by atoms with E-state index in [1.165, 1.54) is 18.0 Å². The van der Waals surface area contributed by atoms with Crippen LogP contribution in [0.25, 0.3) is 0 Å². The monoisotopic (exact) mass is 265 g/mol. The standard InChI is InChI=1S/C12H15N3O4/c1-12(11(18)19)4-2-3-5-15(12)10(17)8-6-14-9(16)7-13-8/h6-7H,2-5H2,1H3,(H,14,16)(H,18,19). The van der Waals surface area contributed by atoms with E-state index in [9.17, 15) is 19.5 Å². The second kappa shape index (κ2) is 4.83. The van der Waals surface area contributed by atoms with Crippen LogP contribution >= 0.6 is 0 Å². The molecule has 0 saturated carbocycles. The van der Waals surface area contributed by atoms with Crippen LogP contribution in [0.4, 0.5) is 0 Å². The zero-order valence-corrected chi connectivity index (χ0v) is 10.5.